The fraction of sp³-hybridized carbons (Fsp3) is 0.269. The first-order valence-electron chi connectivity index (χ1n) is 10.3. The minimum atomic E-state index is -0.963. The molecule has 6 heteroatoms. The molecule has 1 amide bonds. The molecule has 0 bridgehead atoms. The van der Waals surface area contributed by atoms with Crippen LogP contribution in [0, 0.1) is 11.8 Å². The number of amides is 1. The van der Waals surface area contributed by atoms with Crippen molar-refractivity contribution in [3.05, 3.63) is 78.0 Å². The van der Waals surface area contributed by atoms with Crippen LogP contribution in [-0.4, -0.2) is 28.7 Å². The van der Waals surface area contributed by atoms with Gasteiger partial charge in [0.2, 0.25) is 0 Å². The van der Waals surface area contributed by atoms with E-state index < -0.39 is 23.7 Å². The number of aromatic nitrogens is 1. The maximum atomic E-state index is 12.7. The molecule has 0 saturated heterocycles. The molecule has 1 unspecified atom stereocenters. The number of benzene rings is 2. The molecular formula is C26H26N2O4. The topological polar surface area (TPSA) is 77.5 Å². The fourth-order valence-electron chi connectivity index (χ4n) is 2.87. The van der Waals surface area contributed by atoms with Gasteiger partial charge >= 0.3 is 12.1 Å². The number of pyridine rings is 1. The number of alkyl carbamates (subject to hydrolysis) is 1. The quantitative estimate of drug-likeness (QED) is 0.472. The van der Waals surface area contributed by atoms with Gasteiger partial charge in [-0.25, -0.2) is 9.59 Å². The highest BCUT2D eigenvalue weighted by atomic mass is 16.6. The summed E-state index contributed by atoms with van der Waals surface area (Å²) in [5, 5.41) is 3.55. The van der Waals surface area contributed by atoms with Gasteiger partial charge in [0, 0.05) is 23.6 Å². The van der Waals surface area contributed by atoms with Crippen LogP contribution in [0.25, 0.3) is 10.9 Å². The van der Waals surface area contributed by atoms with Crippen molar-refractivity contribution in [2.75, 3.05) is 0 Å². The predicted molar refractivity (Wildman–Crippen MR) is 123 cm³/mol. The van der Waals surface area contributed by atoms with Crippen molar-refractivity contribution in [2.45, 2.75) is 45.4 Å². The highest BCUT2D eigenvalue weighted by Gasteiger charge is 2.25. The zero-order chi connectivity index (χ0) is 23.0. The van der Waals surface area contributed by atoms with Gasteiger partial charge in [-0.3, -0.25) is 4.98 Å². The van der Waals surface area contributed by atoms with Crippen molar-refractivity contribution in [3.8, 4) is 11.8 Å². The van der Waals surface area contributed by atoms with E-state index in [1.54, 1.807) is 27.0 Å². The SMILES string of the molecule is CC(C)(C)OC(=O)NC(CC#Cc1cnc2ccccc2c1)C(=O)OCc1ccccc1. The Morgan fingerprint density at radius 1 is 1.06 bits per heavy atom. The molecule has 0 aliphatic heterocycles. The number of carbonyl (C=O) groups is 2. The second kappa shape index (κ2) is 10.5. The first-order chi connectivity index (χ1) is 15.3. The number of fused-ring (bicyclic) bond motifs is 1. The van der Waals surface area contributed by atoms with Gasteiger partial charge in [-0.05, 0) is 38.5 Å². The van der Waals surface area contributed by atoms with Crippen LogP contribution in [0.5, 0.6) is 0 Å². The zero-order valence-corrected chi connectivity index (χ0v) is 18.4. The van der Waals surface area contributed by atoms with Crippen LogP contribution in [0.2, 0.25) is 0 Å². The number of hydrogen-bond donors (Lipinski definition) is 1. The highest BCUT2D eigenvalue weighted by molar-refractivity contribution is 5.82. The van der Waals surface area contributed by atoms with Crippen molar-refractivity contribution in [3.63, 3.8) is 0 Å². The van der Waals surface area contributed by atoms with Gasteiger partial charge in [-0.2, -0.15) is 0 Å². The van der Waals surface area contributed by atoms with Gasteiger partial charge in [0.1, 0.15) is 18.2 Å². The first-order valence-corrected chi connectivity index (χ1v) is 10.3. The average molecular weight is 431 g/mol. The second-order valence-corrected chi connectivity index (χ2v) is 8.21. The van der Waals surface area contributed by atoms with Crippen molar-refractivity contribution in [1.29, 1.82) is 0 Å². The summed E-state index contributed by atoms with van der Waals surface area (Å²) in [7, 11) is 0. The molecule has 0 aliphatic carbocycles. The smallest absolute Gasteiger partial charge is 0.408 e. The van der Waals surface area contributed by atoms with E-state index in [0.29, 0.717) is 0 Å². The van der Waals surface area contributed by atoms with Gasteiger partial charge in [0.25, 0.3) is 0 Å². The lowest BCUT2D eigenvalue weighted by Gasteiger charge is -2.22. The molecule has 2 aromatic carbocycles. The summed E-state index contributed by atoms with van der Waals surface area (Å²) in [6.07, 6.45) is 1.05. The molecule has 3 aromatic rings. The lowest BCUT2D eigenvalue weighted by Crippen LogP contribution is -2.44. The van der Waals surface area contributed by atoms with E-state index in [0.717, 1.165) is 22.0 Å². The summed E-state index contributed by atoms with van der Waals surface area (Å²) >= 11 is 0. The molecule has 1 aromatic heterocycles. The summed E-state index contributed by atoms with van der Waals surface area (Å²) in [5.74, 6) is 5.38. The Labute approximate surface area is 188 Å². The number of ether oxygens (including phenoxy) is 2. The Balaban J connectivity index is 1.70. The van der Waals surface area contributed by atoms with Crippen LogP contribution in [-0.2, 0) is 20.9 Å². The molecule has 0 spiro atoms. The summed E-state index contributed by atoms with van der Waals surface area (Å²) in [5.41, 5.74) is 1.76. The van der Waals surface area contributed by atoms with Crippen LogP contribution >= 0.6 is 0 Å². The van der Waals surface area contributed by atoms with Gasteiger partial charge in [-0.1, -0.05) is 60.4 Å². The molecule has 6 nitrogen and oxygen atoms in total. The van der Waals surface area contributed by atoms with Gasteiger partial charge in [-0.15, -0.1) is 0 Å². The summed E-state index contributed by atoms with van der Waals surface area (Å²) in [6.45, 7) is 5.36. The average Bonchev–Trinajstić information content (AvgIpc) is 2.76. The number of para-hydroxylation sites is 1. The molecule has 3 rings (SSSR count). The zero-order valence-electron chi connectivity index (χ0n) is 18.4. The van der Waals surface area contributed by atoms with E-state index in [1.165, 1.54) is 0 Å². The van der Waals surface area contributed by atoms with E-state index in [4.69, 9.17) is 9.47 Å². The summed E-state index contributed by atoms with van der Waals surface area (Å²) in [6, 6.07) is 18.0. The third-order valence-electron chi connectivity index (χ3n) is 4.33. The third kappa shape index (κ3) is 7.13. The minimum Gasteiger partial charge on any atom is -0.459 e. The number of hydrogen-bond acceptors (Lipinski definition) is 5. The number of rotatable bonds is 5. The van der Waals surface area contributed by atoms with Crippen molar-refractivity contribution >= 4 is 23.0 Å². The molecule has 0 saturated carbocycles. The van der Waals surface area contributed by atoms with E-state index in [1.807, 2.05) is 60.7 Å². The third-order valence-corrected chi connectivity index (χ3v) is 4.33. The Bertz CT molecular complexity index is 1140. The molecule has 1 heterocycles. The molecular weight excluding hydrogens is 404 g/mol. The van der Waals surface area contributed by atoms with E-state index >= 15 is 0 Å². The normalized spacial score (nSPS) is 11.7. The number of carbonyl (C=O) groups excluding carboxylic acids is 2. The largest absolute Gasteiger partial charge is 0.459 e. The van der Waals surface area contributed by atoms with E-state index in [-0.39, 0.29) is 13.0 Å². The first kappa shape index (κ1) is 22.8. The standard InChI is InChI=1S/C26H26N2O4/c1-26(2,3)32-25(30)28-23(24(29)31-18-19-10-5-4-6-11-19)15-9-12-20-16-21-13-7-8-14-22(21)27-17-20/h4-8,10-11,13-14,16-17,23H,15,18H2,1-3H3,(H,28,30). The van der Waals surface area contributed by atoms with Gasteiger partial charge < -0.3 is 14.8 Å². The van der Waals surface area contributed by atoms with Gasteiger partial charge in [0.05, 0.1) is 5.52 Å². The fourth-order valence-corrected chi connectivity index (χ4v) is 2.87. The molecule has 32 heavy (non-hydrogen) atoms. The maximum Gasteiger partial charge on any atom is 0.408 e. The molecule has 0 aliphatic rings. The monoisotopic (exact) mass is 430 g/mol. The summed E-state index contributed by atoms with van der Waals surface area (Å²) < 4.78 is 10.7. The number of nitrogens with one attached hydrogen (secondary N) is 1. The Morgan fingerprint density at radius 3 is 2.53 bits per heavy atom. The number of nitrogens with zero attached hydrogens (tertiary/aromatic N) is 1. The van der Waals surface area contributed by atoms with Crippen LogP contribution < -0.4 is 5.32 Å². The highest BCUT2D eigenvalue weighted by Crippen LogP contribution is 2.12. The summed E-state index contributed by atoms with van der Waals surface area (Å²) in [4.78, 5) is 29.3. The van der Waals surface area contributed by atoms with E-state index in [2.05, 4.69) is 22.1 Å². The molecule has 0 fully saturated rings. The predicted octanol–water partition coefficient (Wildman–Crippen LogP) is 4.61. The minimum absolute atomic E-state index is 0.0691. The van der Waals surface area contributed by atoms with Crippen LogP contribution in [0.15, 0.2) is 66.9 Å². The number of esters is 1. The molecule has 164 valence electrons. The van der Waals surface area contributed by atoms with E-state index in [9.17, 15) is 9.59 Å². The van der Waals surface area contributed by atoms with Crippen molar-refractivity contribution in [1.82, 2.24) is 10.3 Å². The lowest BCUT2D eigenvalue weighted by molar-refractivity contribution is -0.147. The van der Waals surface area contributed by atoms with Crippen molar-refractivity contribution in [2.24, 2.45) is 0 Å². The lowest BCUT2D eigenvalue weighted by atomic mass is 10.1. The van der Waals surface area contributed by atoms with Crippen LogP contribution in [0.1, 0.15) is 38.3 Å². The second-order valence-electron chi connectivity index (χ2n) is 8.21. The van der Waals surface area contributed by atoms with Gasteiger partial charge in [0.15, 0.2) is 0 Å². The maximum absolute atomic E-state index is 12.7. The Morgan fingerprint density at radius 2 is 1.78 bits per heavy atom. The van der Waals surface area contributed by atoms with Crippen LogP contribution in [0.4, 0.5) is 4.79 Å². The molecule has 1 atom stereocenters. The Kier molecular flexibility index (Phi) is 7.45. The Hall–Kier alpha value is -3.85. The molecule has 1 N–H and O–H groups in total. The van der Waals surface area contributed by atoms with Crippen molar-refractivity contribution < 1.29 is 19.1 Å². The molecule has 0 radical (unpaired) electrons. The van der Waals surface area contributed by atoms with Crippen LogP contribution in [0.3, 0.4) is 0 Å².